The number of hydrogen-bond donors (Lipinski definition) is 0. The molecule has 1 aliphatic rings. The molecule has 0 saturated heterocycles. The van der Waals surface area contributed by atoms with E-state index in [1.165, 1.54) is 6.07 Å². The van der Waals surface area contributed by atoms with Crippen LogP contribution < -0.4 is 4.90 Å². The molecular formula is C31H37F3N6. The summed E-state index contributed by atoms with van der Waals surface area (Å²) in [6.07, 6.45) is 2.69. The Kier molecular flexibility index (Phi) is 11.4. The number of halogens is 3. The smallest absolute Gasteiger partial charge is 0.278 e. The van der Waals surface area contributed by atoms with Crippen molar-refractivity contribution in [3.8, 4) is 11.1 Å². The number of benzene rings is 2. The van der Waals surface area contributed by atoms with Crippen LogP contribution in [0.2, 0.25) is 0 Å². The van der Waals surface area contributed by atoms with Crippen molar-refractivity contribution in [2.75, 3.05) is 45.7 Å². The Bertz CT molecular complexity index is 1290. The van der Waals surface area contributed by atoms with Crippen molar-refractivity contribution >= 4 is 17.1 Å². The normalized spacial score (nSPS) is 12.5. The first kappa shape index (κ1) is 30.6. The van der Waals surface area contributed by atoms with Crippen molar-refractivity contribution in [3.63, 3.8) is 0 Å². The monoisotopic (exact) mass is 550 g/mol. The lowest BCUT2D eigenvalue weighted by atomic mass is 10.0. The van der Waals surface area contributed by atoms with E-state index in [9.17, 15) is 13.2 Å². The fourth-order valence-corrected chi connectivity index (χ4v) is 4.01. The zero-order valence-corrected chi connectivity index (χ0v) is 23.6. The average Bonchev–Trinajstić information content (AvgIpc) is 3.46. The van der Waals surface area contributed by atoms with Crippen molar-refractivity contribution in [2.24, 2.45) is 10.2 Å². The highest BCUT2D eigenvalue weighted by Gasteiger charge is 2.22. The quantitative estimate of drug-likeness (QED) is 0.279. The fourth-order valence-electron chi connectivity index (χ4n) is 4.01. The molecule has 0 N–H and O–H groups in total. The molecule has 212 valence electrons. The maximum Gasteiger partial charge on any atom is 0.278 e. The maximum absolute atomic E-state index is 14.6. The molecule has 2 aromatic carbocycles. The molecule has 0 amide bonds. The molecule has 0 fully saturated rings. The lowest BCUT2D eigenvalue weighted by Crippen LogP contribution is -2.27. The van der Waals surface area contributed by atoms with Gasteiger partial charge >= 0.3 is 0 Å². The molecule has 6 nitrogen and oxygen atoms in total. The number of alkyl halides is 2. The van der Waals surface area contributed by atoms with E-state index in [0.29, 0.717) is 23.4 Å². The van der Waals surface area contributed by atoms with Crippen LogP contribution in [-0.4, -0.2) is 73.4 Å². The zero-order chi connectivity index (χ0) is 29.1. The van der Waals surface area contributed by atoms with E-state index in [0.717, 1.165) is 36.4 Å². The summed E-state index contributed by atoms with van der Waals surface area (Å²) in [4.78, 5) is 10.3. The molecular weight excluding hydrogens is 513 g/mol. The van der Waals surface area contributed by atoms with E-state index >= 15 is 0 Å². The van der Waals surface area contributed by atoms with Gasteiger partial charge in [0.25, 0.3) is 6.43 Å². The van der Waals surface area contributed by atoms with Crippen LogP contribution in [0.4, 0.5) is 18.9 Å². The van der Waals surface area contributed by atoms with E-state index in [1.807, 2.05) is 54.5 Å². The van der Waals surface area contributed by atoms with Crippen molar-refractivity contribution in [1.29, 1.82) is 0 Å². The average molecular weight is 551 g/mol. The Morgan fingerprint density at radius 1 is 0.900 bits per heavy atom. The van der Waals surface area contributed by atoms with Gasteiger partial charge in [-0.05, 0) is 68.7 Å². The molecule has 1 aliphatic heterocycles. The van der Waals surface area contributed by atoms with Crippen LogP contribution in [0.3, 0.4) is 0 Å². The molecule has 0 aliphatic carbocycles. The van der Waals surface area contributed by atoms with Gasteiger partial charge in [0.1, 0.15) is 11.5 Å². The predicted molar refractivity (Wildman–Crippen MR) is 159 cm³/mol. The van der Waals surface area contributed by atoms with Gasteiger partial charge in [0.05, 0.1) is 5.71 Å². The summed E-state index contributed by atoms with van der Waals surface area (Å²) in [6, 6.07) is 16.6. The largest absolute Gasteiger partial charge is 0.377 e. The third-order valence-corrected chi connectivity index (χ3v) is 6.51. The first-order valence-corrected chi connectivity index (χ1v) is 13.1. The summed E-state index contributed by atoms with van der Waals surface area (Å²) in [6.45, 7) is 9.45. The first-order chi connectivity index (χ1) is 19.2. The summed E-state index contributed by atoms with van der Waals surface area (Å²) in [5.41, 5.74) is 4.15. The standard InChI is InChI=1S/C23H19F3N4.C8H18N2/c1-30(19-6-4-15(5-7-19)16-8-10-27-11-9-16)14-18-3-2-17(12-20(18)24)21-13-22(23(25)26)29-28-21;1-5-10(6-2)8-7-9(3)4/h2-12,23H,13-14H2,1H3;5H,1,6-8H2,2-4H3. The molecule has 0 spiro atoms. The van der Waals surface area contributed by atoms with Gasteiger partial charge < -0.3 is 14.7 Å². The minimum atomic E-state index is -2.64. The highest BCUT2D eigenvalue weighted by atomic mass is 19.3. The van der Waals surface area contributed by atoms with Gasteiger partial charge in [0.15, 0.2) is 0 Å². The number of pyridine rings is 1. The van der Waals surface area contributed by atoms with Crippen molar-refractivity contribution in [2.45, 2.75) is 26.3 Å². The van der Waals surface area contributed by atoms with Gasteiger partial charge in [-0.1, -0.05) is 30.8 Å². The molecule has 9 heteroatoms. The lowest BCUT2D eigenvalue weighted by Gasteiger charge is -2.20. The lowest BCUT2D eigenvalue weighted by molar-refractivity contribution is 0.224. The summed E-state index contributed by atoms with van der Waals surface area (Å²) in [5.74, 6) is -0.402. The number of anilines is 1. The number of likely N-dealkylation sites (N-methyl/N-ethyl adjacent to an activating group) is 2. The summed E-state index contributed by atoms with van der Waals surface area (Å²) in [7, 11) is 6.05. The first-order valence-electron chi connectivity index (χ1n) is 13.1. The van der Waals surface area contributed by atoms with Gasteiger partial charge in [0, 0.05) is 68.9 Å². The highest BCUT2D eigenvalue weighted by molar-refractivity contribution is 6.15. The third-order valence-electron chi connectivity index (χ3n) is 6.51. The maximum atomic E-state index is 14.6. The molecule has 0 radical (unpaired) electrons. The Labute approximate surface area is 235 Å². The van der Waals surface area contributed by atoms with Crippen molar-refractivity contribution in [3.05, 3.63) is 96.7 Å². The molecule has 40 heavy (non-hydrogen) atoms. The van der Waals surface area contributed by atoms with Gasteiger partial charge in [-0.2, -0.15) is 10.2 Å². The van der Waals surface area contributed by atoms with Crippen LogP contribution in [-0.2, 0) is 6.54 Å². The Morgan fingerprint density at radius 2 is 1.55 bits per heavy atom. The Hall–Kier alpha value is -3.98. The van der Waals surface area contributed by atoms with Gasteiger partial charge in [0.2, 0.25) is 0 Å². The molecule has 1 aromatic heterocycles. The third kappa shape index (κ3) is 8.77. The van der Waals surface area contributed by atoms with E-state index in [1.54, 1.807) is 24.5 Å². The zero-order valence-electron chi connectivity index (χ0n) is 23.6. The number of rotatable bonds is 11. The van der Waals surface area contributed by atoms with Crippen LogP contribution in [0.5, 0.6) is 0 Å². The molecule has 0 saturated carbocycles. The fraction of sp³-hybridized carbons (Fsp3) is 0.323. The summed E-state index contributed by atoms with van der Waals surface area (Å²) in [5, 5.41) is 7.25. The second-order valence-electron chi connectivity index (χ2n) is 9.67. The van der Waals surface area contributed by atoms with Gasteiger partial charge in [-0.3, -0.25) is 4.98 Å². The minimum absolute atomic E-state index is 0.0554. The topological polar surface area (TPSA) is 47.3 Å². The van der Waals surface area contributed by atoms with Crippen LogP contribution in [0.25, 0.3) is 11.1 Å². The Morgan fingerprint density at radius 3 is 2.10 bits per heavy atom. The second-order valence-corrected chi connectivity index (χ2v) is 9.67. The number of aromatic nitrogens is 1. The van der Waals surface area contributed by atoms with Crippen LogP contribution in [0, 0.1) is 5.82 Å². The van der Waals surface area contributed by atoms with Gasteiger partial charge in [-0.25, -0.2) is 13.2 Å². The van der Waals surface area contributed by atoms with Gasteiger partial charge in [-0.15, -0.1) is 0 Å². The van der Waals surface area contributed by atoms with E-state index in [-0.39, 0.29) is 12.1 Å². The van der Waals surface area contributed by atoms with E-state index in [4.69, 9.17) is 0 Å². The van der Waals surface area contributed by atoms with Crippen LogP contribution in [0.15, 0.2) is 90.0 Å². The summed E-state index contributed by atoms with van der Waals surface area (Å²) >= 11 is 0. The molecule has 0 bridgehead atoms. The molecule has 0 atom stereocenters. The molecule has 2 heterocycles. The summed E-state index contributed by atoms with van der Waals surface area (Å²) < 4.78 is 40.1. The van der Waals surface area contributed by atoms with Crippen LogP contribution in [0.1, 0.15) is 24.5 Å². The second kappa shape index (κ2) is 15.0. The minimum Gasteiger partial charge on any atom is -0.377 e. The van der Waals surface area contributed by atoms with E-state index < -0.39 is 12.2 Å². The van der Waals surface area contributed by atoms with E-state index in [2.05, 4.69) is 52.6 Å². The molecule has 3 aromatic rings. The van der Waals surface area contributed by atoms with Crippen molar-refractivity contribution < 1.29 is 13.2 Å². The highest BCUT2D eigenvalue weighted by Crippen LogP contribution is 2.24. The van der Waals surface area contributed by atoms with Crippen molar-refractivity contribution in [1.82, 2.24) is 14.8 Å². The van der Waals surface area contributed by atoms with Crippen LogP contribution >= 0.6 is 0 Å². The molecule has 0 unspecified atom stereocenters. The molecule has 4 rings (SSSR count). The predicted octanol–water partition coefficient (Wildman–Crippen LogP) is 6.35. The Balaban J connectivity index is 0.000000378. The number of hydrogen-bond acceptors (Lipinski definition) is 6. The SMILES string of the molecule is C=CN(CC)CCN(C)C.CN(Cc1ccc(C2=NN=C(C(F)F)C2)cc1F)c1ccc(-c2ccncc2)cc1. The number of nitrogens with zero attached hydrogens (tertiary/aromatic N) is 6.